The van der Waals surface area contributed by atoms with Gasteiger partial charge in [-0.1, -0.05) is 13.8 Å². The maximum atomic E-state index is 12.6. The Labute approximate surface area is 116 Å². The van der Waals surface area contributed by atoms with E-state index in [9.17, 15) is 4.79 Å². The third kappa shape index (κ3) is 3.93. The van der Waals surface area contributed by atoms with Crippen LogP contribution in [0.5, 0.6) is 0 Å². The lowest BCUT2D eigenvalue weighted by Gasteiger charge is -2.30. The number of hydrogen-bond donors (Lipinski definition) is 1. The summed E-state index contributed by atoms with van der Waals surface area (Å²) in [5, 5.41) is 3.19. The Kier molecular flexibility index (Phi) is 4.85. The molecule has 1 amide bonds. The van der Waals surface area contributed by atoms with Crippen LogP contribution in [-0.4, -0.2) is 50.2 Å². The second kappa shape index (κ2) is 6.23. The summed E-state index contributed by atoms with van der Waals surface area (Å²) in [5.74, 6) is 0.801. The number of nitrogens with zero attached hydrogens (tertiary/aromatic N) is 1. The lowest BCUT2D eigenvalue weighted by atomic mass is 9.83. The minimum Gasteiger partial charge on any atom is -0.381 e. The molecule has 2 rings (SSSR count). The fourth-order valence-corrected chi connectivity index (χ4v) is 3.18. The van der Waals surface area contributed by atoms with Gasteiger partial charge in [-0.25, -0.2) is 0 Å². The molecule has 1 N–H and O–H groups in total. The van der Waals surface area contributed by atoms with Gasteiger partial charge in [0, 0.05) is 19.7 Å². The SMILES string of the molecule is CNC1CC(C)(C)CCN(CC2CCCOC2)C1=O. The van der Waals surface area contributed by atoms with Crippen LogP contribution in [0.25, 0.3) is 0 Å². The fourth-order valence-electron chi connectivity index (χ4n) is 3.18. The van der Waals surface area contributed by atoms with E-state index < -0.39 is 0 Å². The van der Waals surface area contributed by atoms with Crippen molar-refractivity contribution in [3.05, 3.63) is 0 Å². The molecule has 0 aromatic rings. The van der Waals surface area contributed by atoms with Crippen LogP contribution in [-0.2, 0) is 9.53 Å². The van der Waals surface area contributed by atoms with Crippen LogP contribution >= 0.6 is 0 Å². The Morgan fingerprint density at radius 1 is 1.47 bits per heavy atom. The minimum atomic E-state index is -0.0259. The third-order valence-electron chi connectivity index (χ3n) is 4.51. The van der Waals surface area contributed by atoms with Crippen LogP contribution in [0.15, 0.2) is 0 Å². The number of rotatable bonds is 3. The largest absolute Gasteiger partial charge is 0.381 e. The van der Waals surface area contributed by atoms with Crippen LogP contribution < -0.4 is 5.32 Å². The number of hydrogen-bond acceptors (Lipinski definition) is 3. The van der Waals surface area contributed by atoms with Gasteiger partial charge in [-0.15, -0.1) is 0 Å². The lowest BCUT2D eigenvalue weighted by Crippen LogP contribution is -2.46. The molecule has 2 saturated heterocycles. The van der Waals surface area contributed by atoms with Gasteiger partial charge >= 0.3 is 0 Å². The number of ether oxygens (including phenoxy) is 1. The van der Waals surface area contributed by atoms with Crippen molar-refractivity contribution in [2.45, 2.75) is 45.6 Å². The van der Waals surface area contributed by atoms with E-state index in [1.807, 2.05) is 7.05 Å². The summed E-state index contributed by atoms with van der Waals surface area (Å²) in [7, 11) is 1.89. The smallest absolute Gasteiger partial charge is 0.239 e. The second-order valence-corrected chi connectivity index (χ2v) is 6.83. The second-order valence-electron chi connectivity index (χ2n) is 6.83. The predicted octanol–water partition coefficient (Wildman–Crippen LogP) is 1.65. The molecule has 0 aliphatic carbocycles. The zero-order valence-electron chi connectivity index (χ0n) is 12.6. The standard InChI is InChI=1S/C15H28N2O2/c1-15(2)6-7-17(14(18)13(9-15)16-3)10-12-5-4-8-19-11-12/h12-13,16H,4-11H2,1-3H3. The van der Waals surface area contributed by atoms with Crippen LogP contribution in [0.3, 0.4) is 0 Å². The van der Waals surface area contributed by atoms with Gasteiger partial charge in [0.2, 0.25) is 5.91 Å². The molecule has 2 heterocycles. The molecule has 2 unspecified atom stereocenters. The molecule has 2 fully saturated rings. The van der Waals surface area contributed by atoms with Gasteiger partial charge in [-0.3, -0.25) is 4.79 Å². The van der Waals surface area contributed by atoms with Crippen molar-refractivity contribution in [3.63, 3.8) is 0 Å². The first-order valence-corrected chi connectivity index (χ1v) is 7.55. The molecule has 4 nitrogen and oxygen atoms in total. The van der Waals surface area contributed by atoms with E-state index in [1.165, 1.54) is 6.42 Å². The number of nitrogens with one attached hydrogen (secondary N) is 1. The summed E-state index contributed by atoms with van der Waals surface area (Å²) < 4.78 is 5.53. The zero-order chi connectivity index (χ0) is 13.9. The first-order valence-electron chi connectivity index (χ1n) is 7.55. The topological polar surface area (TPSA) is 41.6 Å². The van der Waals surface area contributed by atoms with E-state index in [1.54, 1.807) is 0 Å². The molecule has 110 valence electrons. The van der Waals surface area contributed by atoms with Gasteiger partial charge in [-0.2, -0.15) is 0 Å². The summed E-state index contributed by atoms with van der Waals surface area (Å²) in [6.45, 7) is 7.98. The van der Waals surface area contributed by atoms with Crippen LogP contribution in [0.4, 0.5) is 0 Å². The zero-order valence-corrected chi connectivity index (χ0v) is 12.6. The quantitative estimate of drug-likeness (QED) is 0.846. The summed E-state index contributed by atoms with van der Waals surface area (Å²) in [4.78, 5) is 14.6. The molecule has 0 aromatic carbocycles. The van der Waals surface area contributed by atoms with E-state index in [4.69, 9.17) is 4.74 Å². The summed E-state index contributed by atoms with van der Waals surface area (Å²) in [6.07, 6.45) is 4.34. The number of carbonyl (C=O) groups is 1. The van der Waals surface area contributed by atoms with Gasteiger partial charge in [0.1, 0.15) is 0 Å². The Morgan fingerprint density at radius 3 is 2.89 bits per heavy atom. The van der Waals surface area contributed by atoms with E-state index in [0.717, 1.165) is 45.6 Å². The highest BCUT2D eigenvalue weighted by Gasteiger charge is 2.35. The van der Waals surface area contributed by atoms with Crippen molar-refractivity contribution in [1.29, 1.82) is 0 Å². The molecule has 0 spiro atoms. The highest BCUT2D eigenvalue weighted by atomic mass is 16.5. The van der Waals surface area contributed by atoms with Crippen LogP contribution in [0.2, 0.25) is 0 Å². The Morgan fingerprint density at radius 2 is 2.26 bits per heavy atom. The highest BCUT2D eigenvalue weighted by molar-refractivity contribution is 5.82. The molecule has 2 aliphatic rings. The van der Waals surface area contributed by atoms with Gasteiger partial charge in [0.05, 0.1) is 12.6 Å². The minimum absolute atomic E-state index is 0.0259. The summed E-state index contributed by atoms with van der Waals surface area (Å²) >= 11 is 0. The first-order chi connectivity index (χ1) is 9.02. The van der Waals surface area contributed by atoms with Crippen molar-refractivity contribution in [2.75, 3.05) is 33.4 Å². The number of carbonyl (C=O) groups excluding carboxylic acids is 1. The van der Waals surface area contributed by atoms with Gasteiger partial charge in [0.15, 0.2) is 0 Å². The molecule has 19 heavy (non-hydrogen) atoms. The average Bonchev–Trinajstić information content (AvgIpc) is 2.51. The molecule has 0 saturated carbocycles. The first kappa shape index (κ1) is 14.8. The molecule has 0 aromatic heterocycles. The highest BCUT2D eigenvalue weighted by Crippen LogP contribution is 2.31. The molecular formula is C15H28N2O2. The predicted molar refractivity (Wildman–Crippen MR) is 76.0 cm³/mol. The summed E-state index contributed by atoms with van der Waals surface area (Å²) in [6, 6.07) is -0.0259. The van der Waals surface area contributed by atoms with Crippen LogP contribution in [0, 0.1) is 11.3 Å². The maximum Gasteiger partial charge on any atom is 0.239 e. The lowest BCUT2D eigenvalue weighted by molar-refractivity contribution is -0.134. The Hall–Kier alpha value is -0.610. The molecule has 0 radical (unpaired) electrons. The van der Waals surface area contributed by atoms with Crippen molar-refractivity contribution in [1.82, 2.24) is 10.2 Å². The van der Waals surface area contributed by atoms with Crippen molar-refractivity contribution in [2.24, 2.45) is 11.3 Å². The summed E-state index contributed by atoms with van der Waals surface area (Å²) in [5.41, 5.74) is 0.237. The van der Waals surface area contributed by atoms with Crippen molar-refractivity contribution < 1.29 is 9.53 Å². The van der Waals surface area contributed by atoms with Crippen molar-refractivity contribution >= 4 is 5.91 Å². The van der Waals surface area contributed by atoms with E-state index in [0.29, 0.717) is 5.92 Å². The van der Waals surface area contributed by atoms with Crippen LogP contribution in [0.1, 0.15) is 39.5 Å². The van der Waals surface area contributed by atoms with Gasteiger partial charge < -0.3 is 15.0 Å². The van der Waals surface area contributed by atoms with Crippen molar-refractivity contribution in [3.8, 4) is 0 Å². The number of likely N-dealkylation sites (tertiary alicyclic amines) is 1. The molecule has 0 bridgehead atoms. The Balaban J connectivity index is 1.99. The van der Waals surface area contributed by atoms with E-state index >= 15 is 0 Å². The fraction of sp³-hybridized carbons (Fsp3) is 0.933. The van der Waals surface area contributed by atoms with Gasteiger partial charge in [-0.05, 0) is 44.1 Å². The number of likely N-dealkylation sites (N-methyl/N-ethyl adjacent to an activating group) is 1. The van der Waals surface area contributed by atoms with Gasteiger partial charge in [0.25, 0.3) is 0 Å². The number of amides is 1. The van der Waals surface area contributed by atoms with E-state index in [2.05, 4.69) is 24.1 Å². The molecule has 2 aliphatic heterocycles. The third-order valence-corrected chi connectivity index (χ3v) is 4.51. The Bertz CT molecular complexity index is 311. The average molecular weight is 268 g/mol. The van der Waals surface area contributed by atoms with E-state index in [-0.39, 0.29) is 17.4 Å². The molecular weight excluding hydrogens is 240 g/mol. The monoisotopic (exact) mass is 268 g/mol. The normalized spacial score (nSPS) is 32.2. The maximum absolute atomic E-state index is 12.6. The molecule has 2 atom stereocenters. The molecule has 4 heteroatoms.